The number of hydrogen-bond acceptors (Lipinski definition) is 8. The van der Waals surface area contributed by atoms with E-state index < -0.39 is 6.10 Å². The maximum absolute atomic E-state index is 10.0. The lowest BCUT2D eigenvalue weighted by molar-refractivity contribution is 0.00262. The fraction of sp³-hybridized carbons (Fsp3) is 0.519. The summed E-state index contributed by atoms with van der Waals surface area (Å²) in [7, 11) is 1.79. The molecule has 2 N–H and O–H groups in total. The zero-order valence-electron chi connectivity index (χ0n) is 21.6. The van der Waals surface area contributed by atoms with Crippen LogP contribution < -0.4 is 10.1 Å². The minimum Gasteiger partial charge on any atom is -0.491 e. The van der Waals surface area contributed by atoms with Crippen LogP contribution in [0.4, 0.5) is 0 Å². The average Bonchev–Trinajstić information content (AvgIpc) is 3.18. The van der Waals surface area contributed by atoms with E-state index in [-0.39, 0.29) is 12.7 Å². The number of nitrogens with zero attached hydrogens (tertiary/aromatic N) is 3. The van der Waals surface area contributed by atoms with Crippen LogP contribution in [0, 0.1) is 26.7 Å². The SMILES string of the molecule is CNC[C@@H](O)COc1ccc(Cl)c(-c2nc(C[C@@H]3CCO[C@H](C)C3)c(C)c(-c3c(C)noc3C)n2)c1. The summed E-state index contributed by atoms with van der Waals surface area (Å²) in [6.07, 6.45) is 2.45. The molecule has 1 aliphatic heterocycles. The molecule has 36 heavy (non-hydrogen) atoms. The van der Waals surface area contributed by atoms with Gasteiger partial charge in [-0.05, 0) is 83.7 Å². The Hall–Kier alpha value is -2.52. The first kappa shape index (κ1) is 26.5. The molecule has 8 nitrogen and oxygen atoms in total. The monoisotopic (exact) mass is 514 g/mol. The first-order valence-corrected chi connectivity index (χ1v) is 12.8. The van der Waals surface area contributed by atoms with E-state index in [1.807, 2.05) is 19.9 Å². The smallest absolute Gasteiger partial charge is 0.161 e. The molecule has 194 valence electrons. The summed E-state index contributed by atoms with van der Waals surface area (Å²) >= 11 is 6.64. The van der Waals surface area contributed by atoms with Crippen molar-refractivity contribution in [3.8, 4) is 28.4 Å². The van der Waals surface area contributed by atoms with Crippen molar-refractivity contribution in [1.29, 1.82) is 0 Å². The third-order valence-corrected chi connectivity index (χ3v) is 6.98. The van der Waals surface area contributed by atoms with Crippen LogP contribution in [-0.4, -0.2) is 59.2 Å². The van der Waals surface area contributed by atoms with Crippen LogP contribution in [0.1, 0.15) is 42.5 Å². The van der Waals surface area contributed by atoms with E-state index in [9.17, 15) is 5.11 Å². The summed E-state index contributed by atoms with van der Waals surface area (Å²) in [5.74, 6) is 2.31. The molecule has 9 heteroatoms. The molecule has 3 atom stereocenters. The van der Waals surface area contributed by atoms with Crippen LogP contribution in [0.3, 0.4) is 0 Å². The van der Waals surface area contributed by atoms with E-state index in [2.05, 4.69) is 24.3 Å². The first-order valence-electron chi connectivity index (χ1n) is 12.4. The Morgan fingerprint density at radius 1 is 1.25 bits per heavy atom. The van der Waals surface area contributed by atoms with Crippen molar-refractivity contribution in [2.24, 2.45) is 5.92 Å². The number of rotatable bonds is 9. The lowest BCUT2D eigenvalue weighted by Gasteiger charge is -2.27. The summed E-state index contributed by atoms with van der Waals surface area (Å²) in [5.41, 5.74) is 5.15. The van der Waals surface area contributed by atoms with Crippen LogP contribution in [0.15, 0.2) is 22.7 Å². The van der Waals surface area contributed by atoms with Gasteiger partial charge in [0.15, 0.2) is 5.82 Å². The Labute approximate surface area is 217 Å². The molecule has 0 aliphatic carbocycles. The van der Waals surface area contributed by atoms with Gasteiger partial charge in [-0.25, -0.2) is 9.97 Å². The predicted molar refractivity (Wildman–Crippen MR) is 139 cm³/mol. The van der Waals surface area contributed by atoms with E-state index in [4.69, 9.17) is 35.6 Å². The third kappa shape index (κ3) is 6.06. The summed E-state index contributed by atoms with van der Waals surface area (Å²) in [6, 6.07) is 5.39. The highest BCUT2D eigenvalue weighted by Crippen LogP contribution is 2.36. The number of nitrogens with one attached hydrogen (secondary N) is 1. The minimum absolute atomic E-state index is 0.161. The fourth-order valence-electron chi connectivity index (χ4n) is 4.75. The number of aryl methyl sites for hydroxylation is 2. The van der Waals surface area contributed by atoms with E-state index in [1.165, 1.54) is 0 Å². The molecule has 4 rings (SSSR count). The standard InChI is InChI=1S/C27H35ClN4O4/c1-15-10-19(8-9-34-15)11-24-16(2)26(25-17(3)32-36-18(25)4)31-27(30-24)22-12-21(6-7-23(22)28)35-14-20(33)13-29-5/h6-7,12,15,19-20,29,33H,8-11,13-14H2,1-5H3/t15-,19-,20-/m1/s1. The molecule has 0 saturated carbocycles. The van der Waals surface area contributed by atoms with E-state index in [0.717, 1.165) is 54.1 Å². The highest BCUT2D eigenvalue weighted by molar-refractivity contribution is 6.33. The van der Waals surface area contributed by atoms with Gasteiger partial charge in [-0.1, -0.05) is 16.8 Å². The van der Waals surface area contributed by atoms with Gasteiger partial charge in [0.25, 0.3) is 0 Å². The molecule has 1 saturated heterocycles. The normalized spacial score (nSPS) is 18.9. The number of ether oxygens (including phenoxy) is 2. The largest absolute Gasteiger partial charge is 0.491 e. The summed E-state index contributed by atoms with van der Waals surface area (Å²) in [5, 5.41) is 17.6. The average molecular weight is 515 g/mol. The molecule has 1 aliphatic rings. The molecule has 3 aromatic rings. The molecular weight excluding hydrogens is 480 g/mol. The van der Waals surface area contributed by atoms with Crippen molar-refractivity contribution in [3.05, 3.63) is 45.9 Å². The molecule has 0 spiro atoms. The first-order chi connectivity index (χ1) is 17.3. The quantitative estimate of drug-likeness (QED) is 0.424. The van der Waals surface area contributed by atoms with Gasteiger partial charge in [0, 0.05) is 24.4 Å². The topological polar surface area (TPSA) is 103 Å². The van der Waals surface area contributed by atoms with Gasteiger partial charge in [0.05, 0.1) is 28.1 Å². The number of halogens is 1. The highest BCUT2D eigenvalue weighted by Gasteiger charge is 2.25. The lowest BCUT2D eigenvalue weighted by atomic mass is 9.89. The summed E-state index contributed by atoms with van der Waals surface area (Å²) < 4.78 is 17.1. The fourth-order valence-corrected chi connectivity index (χ4v) is 4.95. The van der Waals surface area contributed by atoms with Gasteiger partial charge >= 0.3 is 0 Å². The van der Waals surface area contributed by atoms with Gasteiger partial charge in [-0.15, -0.1) is 0 Å². The van der Waals surface area contributed by atoms with Gasteiger partial charge in [0.2, 0.25) is 0 Å². The Kier molecular flexibility index (Phi) is 8.62. The van der Waals surface area contributed by atoms with Crippen LogP contribution in [0.5, 0.6) is 5.75 Å². The molecule has 3 heterocycles. The second-order valence-electron chi connectivity index (χ2n) is 9.61. The maximum atomic E-state index is 10.0. The highest BCUT2D eigenvalue weighted by atomic mass is 35.5. The van der Waals surface area contributed by atoms with E-state index in [1.54, 1.807) is 19.2 Å². The maximum Gasteiger partial charge on any atom is 0.161 e. The van der Waals surface area contributed by atoms with Crippen molar-refractivity contribution in [3.63, 3.8) is 0 Å². The number of aliphatic hydroxyl groups excluding tert-OH is 1. The van der Waals surface area contributed by atoms with Crippen molar-refractivity contribution < 1.29 is 19.1 Å². The van der Waals surface area contributed by atoms with Crippen LogP contribution >= 0.6 is 11.6 Å². The van der Waals surface area contributed by atoms with Crippen LogP contribution in [-0.2, 0) is 11.2 Å². The van der Waals surface area contributed by atoms with Gasteiger partial charge in [-0.3, -0.25) is 0 Å². The molecule has 0 unspecified atom stereocenters. The summed E-state index contributed by atoms with van der Waals surface area (Å²) in [6.45, 7) is 9.37. The molecular formula is C27H35ClN4O4. The molecule has 0 bridgehead atoms. The predicted octanol–water partition coefficient (Wildman–Crippen LogP) is 4.69. The van der Waals surface area contributed by atoms with Gasteiger partial charge in [0.1, 0.15) is 24.2 Å². The number of aliphatic hydroxyl groups is 1. The lowest BCUT2D eigenvalue weighted by Crippen LogP contribution is -2.29. The van der Waals surface area contributed by atoms with Crippen molar-refractivity contribution in [2.75, 3.05) is 26.8 Å². The van der Waals surface area contributed by atoms with Crippen molar-refractivity contribution in [2.45, 2.75) is 59.2 Å². The third-order valence-electron chi connectivity index (χ3n) is 6.65. The molecule has 0 radical (unpaired) electrons. The Balaban J connectivity index is 1.76. The zero-order chi connectivity index (χ0) is 25.8. The molecule has 2 aromatic heterocycles. The Bertz CT molecular complexity index is 1180. The number of benzene rings is 1. The van der Waals surface area contributed by atoms with Crippen molar-refractivity contribution >= 4 is 11.6 Å². The second-order valence-corrected chi connectivity index (χ2v) is 10.0. The van der Waals surface area contributed by atoms with Crippen LogP contribution in [0.2, 0.25) is 5.02 Å². The number of likely N-dealkylation sites (N-methyl/N-ethyl adjacent to an activating group) is 1. The van der Waals surface area contributed by atoms with Gasteiger partial charge < -0.3 is 24.4 Å². The van der Waals surface area contributed by atoms with Crippen molar-refractivity contribution in [1.82, 2.24) is 20.4 Å². The Morgan fingerprint density at radius 3 is 2.75 bits per heavy atom. The number of hydrogen-bond donors (Lipinski definition) is 2. The van der Waals surface area contributed by atoms with Gasteiger partial charge in [-0.2, -0.15) is 0 Å². The molecule has 0 amide bonds. The zero-order valence-corrected chi connectivity index (χ0v) is 22.4. The number of aromatic nitrogens is 3. The Morgan fingerprint density at radius 2 is 2.06 bits per heavy atom. The van der Waals surface area contributed by atoms with E-state index >= 15 is 0 Å². The summed E-state index contributed by atoms with van der Waals surface area (Å²) in [4.78, 5) is 9.98. The minimum atomic E-state index is -0.621. The van der Waals surface area contributed by atoms with Crippen LogP contribution in [0.25, 0.3) is 22.6 Å². The second kappa shape index (κ2) is 11.7. The molecule has 1 aromatic carbocycles. The van der Waals surface area contributed by atoms with E-state index in [0.29, 0.717) is 40.4 Å². The molecule has 1 fully saturated rings.